The van der Waals surface area contributed by atoms with Gasteiger partial charge in [-0.3, -0.25) is 9.59 Å². The normalized spacial score (nSPS) is 11.0. The molecule has 0 aliphatic carbocycles. The number of methoxy groups -OCH3 is 1. The van der Waals surface area contributed by atoms with Gasteiger partial charge in [-0.15, -0.1) is 0 Å². The van der Waals surface area contributed by atoms with E-state index in [-0.39, 0.29) is 17.9 Å². The van der Waals surface area contributed by atoms with Gasteiger partial charge in [-0.05, 0) is 54.8 Å². The fraction of sp³-hybridized carbons (Fsp3) is 0.240. The number of nitrogens with zero attached hydrogens (tertiary/aromatic N) is 3. The van der Waals surface area contributed by atoms with E-state index in [1.54, 1.807) is 34.7 Å². The maximum absolute atomic E-state index is 12.9. The first kappa shape index (κ1) is 21.4. The average Bonchev–Trinajstić information content (AvgIpc) is 3.24. The molecule has 4 aromatic rings. The molecule has 1 amide bonds. The minimum atomic E-state index is -0.171. The van der Waals surface area contributed by atoms with Crippen molar-refractivity contribution in [3.05, 3.63) is 88.0 Å². The van der Waals surface area contributed by atoms with E-state index >= 15 is 0 Å². The highest BCUT2D eigenvalue weighted by atomic mass is 16.5. The smallest absolute Gasteiger partial charge is 0.276 e. The van der Waals surface area contributed by atoms with Gasteiger partial charge in [0.2, 0.25) is 5.91 Å². The molecule has 2 aromatic heterocycles. The summed E-state index contributed by atoms with van der Waals surface area (Å²) >= 11 is 0. The van der Waals surface area contributed by atoms with Crippen LogP contribution in [0.3, 0.4) is 0 Å². The van der Waals surface area contributed by atoms with E-state index in [2.05, 4.69) is 36.4 Å². The second-order valence-electron chi connectivity index (χ2n) is 7.83. The number of carbonyl (C=O) groups excluding carboxylic acids is 1. The lowest BCUT2D eigenvalue weighted by Gasteiger charge is -2.08. The van der Waals surface area contributed by atoms with Gasteiger partial charge in [-0.2, -0.15) is 5.10 Å². The molecule has 0 aliphatic heterocycles. The lowest BCUT2D eigenvalue weighted by molar-refractivity contribution is -0.121. The Balaban J connectivity index is 1.44. The molecule has 2 aromatic carbocycles. The summed E-state index contributed by atoms with van der Waals surface area (Å²) in [6.45, 7) is 4.82. The van der Waals surface area contributed by atoms with Crippen LogP contribution in [0.1, 0.15) is 23.1 Å². The molecule has 7 nitrogen and oxygen atoms in total. The van der Waals surface area contributed by atoms with Crippen molar-refractivity contribution in [2.75, 3.05) is 7.11 Å². The SMILES string of the molecule is COc1cccc(CNC(=O)CCn2ccn3nc(-c4ccc(C)c(C)c4)cc3c2=O)c1. The van der Waals surface area contributed by atoms with Crippen molar-refractivity contribution in [3.63, 3.8) is 0 Å². The number of benzene rings is 2. The minimum Gasteiger partial charge on any atom is -0.497 e. The van der Waals surface area contributed by atoms with Crippen LogP contribution in [0.4, 0.5) is 0 Å². The third-order valence-corrected chi connectivity index (χ3v) is 5.61. The number of rotatable bonds is 7. The van der Waals surface area contributed by atoms with E-state index in [1.165, 1.54) is 11.1 Å². The topological polar surface area (TPSA) is 77.6 Å². The Bertz CT molecular complexity index is 1340. The van der Waals surface area contributed by atoms with Crippen molar-refractivity contribution in [1.82, 2.24) is 19.5 Å². The fourth-order valence-electron chi connectivity index (χ4n) is 3.54. The van der Waals surface area contributed by atoms with E-state index in [0.29, 0.717) is 18.6 Å². The van der Waals surface area contributed by atoms with Crippen LogP contribution in [0.25, 0.3) is 16.8 Å². The van der Waals surface area contributed by atoms with E-state index in [9.17, 15) is 9.59 Å². The molecular formula is C25H26N4O3. The Morgan fingerprint density at radius 1 is 1.06 bits per heavy atom. The van der Waals surface area contributed by atoms with Crippen molar-refractivity contribution in [1.29, 1.82) is 0 Å². The molecule has 32 heavy (non-hydrogen) atoms. The van der Waals surface area contributed by atoms with Gasteiger partial charge in [0.25, 0.3) is 5.56 Å². The summed E-state index contributed by atoms with van der Waals surface area (Å²) in [5, 5.41) is 7.43. The molecule has 0 atom stereocenters. The molecule has 0 radical (unpaired) electrons. The van der Waals surface area contributed by atoms with E-state index in [4.69, 9.17) is 4.74 Å². The molecule has 0 fully saturated rings. The third-order valence-electron chi connectivity index (χ3n) is 5.61. The van der Waals surface area contributed by atoms with Crippen LogP contribution in [-0.4, -0.2) is 27.2 Å². The van der Waals surface area contributed by atoms with Crippen LogP contribution >= 0.6 is 0 Å². The minimum absolute atomic E-state index is 0.121. The van der Waals surface area contributed by atoms with Crippen molar-refractivity contribution in [2.45, 2.75) is 33.4 Å². The highest BCUT2D eigenvalue weighted by Gasteiger charge is 2.11. The summed E-state index contributed by atoms with van der Waals surface area (Å²) < 4.78 is 8.34. The second kappa shape index (κ2) is 9.09. The van der Waals surface area contributed by atoms with Gasteiger partial charge in [0.1, 0.15) is 11.3 Å². The van der Waals surface area contributed by atoms with E-state index < -0.39 is 0 Å². The summed E-state index contributed by atoms with van der Waals surface area (Å²) in [6.07, 6.45) is 3.62. The Hall–Kier alpha value is -3.87. The molecule has 0 saturated heterocycles. The molecule has 0 aliphatic rings. The molecule has 7 heteroatoms. The Morgan fingerprint density at radius 2 is 1.91 bits per heavy atom. The van der Waals surface area contributed by atoms with E-state index in [1.807, 2.05) is 30.3 Å². The zero-order chi connectivity index (χ0) is 22.7. The Morgan fingerprint density at radius 3 is 2.69 bits per heavy atom. The molecule has 164 valence electrons. The first-order chi connectivity index (χ1) is 15.4. The maximum Gasteiger partial charge on any atom is 0.276 e. The summed E-state index contributed by atoms with van der Waals surface area (Å²) in [4.78, 5) is 25.2. The summed E-state index contributed by atoms with van der Waals surface area (Å²) in [5.74, 6) is 0.626. The zero-order valence-corrected chi connectivity index (χ0v) is 18.5. The van der Waals surface area contributed by atoms with Gasteiger partial charge >= 0.3 is 0 Å². The maximum atomic E-state index is 12.9. The predicted octanol–water partition coefficient (Wildman–Crippen LogP) is 3.49. The highest BCUT2D eigenvalue weighted by molar-refractivity contribution is 5.75. The van der Waals surface area contributed by atoms with Gasteiger partial charge in [0.15, 0.2) is 0 Å². The van der Waals surface area contributed by atoms with Crippen LogP contribution in [0.15, 0.2) is 65.7 Å². The number of hydrogen-bond acceptors (Lipinski definition) is 4. The molecule has 1 N–H and O–H groups in total. The lowest BCUT2D eigenvalue weighted by atomic mass is 10.0. The zero-order valence-electron chi connectivity index (χ0n) is 18.5. The first-order valence-electron chi connectivity index (χ1n) is 10.5. The number of aromatic nitrogens is 3. The van der Waals surface area contributed by atoms with Crippen LogP contribution < -0.4 is 15.6 Å². The third kappa shape index (κ3) is 4.56. The molecule has 0 spiro atoms. The highest BCUT2D eigenvalue weighted by Crippen LogP contribution is 2.21. The molecule has 0 unspecified atom stereocenters. The molecular weight excluding hydrogens is 404 g/mol. The predicted molar refractivity (Wildman–Crippen MR) is 124 cm³/mol. The molecule has 0 bridgehead atoms. The van der Waals surface area contributed by atoms with Crippen molar-refractivity contribution in [3.8, 4) is 17.0 Å². The van der Waals surface area contributed by atoms with Crippen molar-refractivity contribution in [2.24, 2.45) is 0 Å². The quantitative estimate of drug-likeness (QED) is 0.487. The van der Waals surface area contributed by atoms with Crippen LogP contribution in [0.5, 0.6) is 5.75 Å². The molecule has 0 saturated carbocycles. The molecule has 2 heterocycles. The standard InChI is InChI=1S/C25H26N4O3/c1-17-7-8-20(13-18(17)2)22-15-23-25(31)28(11-12-29(23)27-22)10-9-24(30)26-16-19-5-4-6-21(14-19)32-3/h4-8,11-15H,9-10,16H2,1-3H3,(H,26,30). The Labute approximate surface area is 186 Å². The number of ether oxygens (including phenoxy) is 1. The summed E-state index contributed by atoms with van der Waals surface area (Å²) in [7, 11) is 1.61. The van der Waals surface area contributed by atoms with Gasteiger partial charge in [-0.1, -0.05) is 24.3 Å². The molecule has 4 rings (SSSR count). The number of aryl methyl sites for hydroxylation is 3. The van der Waals surface area contributed by atoms with E-state index in [0.717, 1.165) is 22.6 Å². The largest absolute Gasteiger partial charge is 0.497 e. The lowest BCUT2D eigenvalue weighted by Crippen LogP contribution is -2.27. The number of carbonyl (C=O) groups is 1. The average molecular weight is 431 g/mol. The number of hydrogen-bond donors (Lipinski definition) is 1. The van der Waals surface area contributed by atoms with Crippen LogP contribution in [0.2, 0.25) is 0 Å². The van der Waals surface area contributed by atoms with Crippen molar-refractivity contribution >= 4 is 11.4 Å². The van der Waals surface area contributed by atoms with Crippen LogP contribution in [-0.2, 0) is 17.9 Å². The van der Waals surface area contributed by atoms with Crippen LogP contribution in [0, 0.1) is 13.8 Å². The van der Waals surface area contributed by atoms with Gasteiger partial charge < -0.3 is 14.6 Å². The van der Waals surface area contributed by atoms with Crippen molar-refractivity contribution < 1.29 is 9.53 Å². The first-order valence-corrected chi connectivity index (χ1v) is 10.5. The summed E-state index contributed by atoms with van der Waals surface area (Å²) in [6, 6.07) is 15.5. The number of nitrogens with one attached hydrogen (secondary N) is 1. The summed E-state index contributed by atoms with van der Waals surface area (Å²) in [5.41, 5.74) is 5.38. The number of fused-ring (bicyclic) bond motifs is 1. The van der Waals surface area contributed by atoms with Gasteiger partial charge in [0.05, 0.1) is 12.8 Å². The van der Waals surface area contributed by atoms with Gasteiger partial charge in [-0.25, -0.2) is 4.52 Å². The fourth-order valence-corrected chi connectivity index (χ4v) is 3.54. The monoisotopic (exact) mass is 430 g/mol. The number of amides is 1. The second-order valence-corrected chi connectivity index (χ2v) is 7.83. The van der Waals surface area contributed by atoms with Gasteiger partial charge in [0, 0.05) is 37.5 Å². The Kier molecular flexibility index (Phi) is 6.07.